The van der Waals surface area contributed by atoms with Crippen LogP contribution in [0.25, 0.3) is 0 Å². The summed E-state index contributed by atoms with van der Waals surface area (Å²) in [4.78, 5) is 10.3. The van der Waals surface area contributed by atoms with Gasteiger partial charge in [-0.2, -0.15) is 0 Å². The predicted molar refractivity (Wildman–Crippen MR) is 33.0 cm³/mol. The molecule has 1 aliphatic rings. The van der Waals surface area contributed by atoms with Gasteiger partial charge in [-0.15, -0.1) is 0 Å². The quantitative estimate of drug-likeness (QED) is 0.559. The van der Waals surface area contributed by atoms with Gasteiger partial charge in [0, 0.05) is 0 Å². The van der Waals surface area contributed by atoms with E-state index in [0.29, 0.717) is 6.42 Å². The van der Waals surface area contributed by atoms with Crippen LogP contribution in [-0.2, 0) is 4.79 Å². The highest BCUT2D eigenvalue weighted by Crippen LogP contribution is 2.43. The largest absolute Gasteiger partial charge is 0.480 e. The summed E-state index contributed by atoms with van der Waals surface area (Å²) >= 11 is 0. The zero-order valence-electron chi connectivity index (χ0n) is 5.42. The molecule has 0 bridgehead atoms. The third-order valence-corrected chi connectivity index (χ3v) is 2.04. The van der Waals surface area contributed by atoms with Crippen molar-refractivity contribution in [2.24, 2.45) is 11.7 Å². The first-order valence-corrected chi connectivity index (χ1v) is 3.13. The molecule has 3 nitrogen and oxygen atoms in total. The minimum atomic E-state index is -0.866. The highest BCUT2D eigenvalue weighted by molar-refractivity contribution is 5.82. The van der Waals surface area contributed by atoms with Gasteiger partial charge in [-0.3, -0.25) is 4.79 Å². The Kier molecular flexibility index (Phi) is 1.24. The van der Waals surface area contributed by atoms with Gasteiger partial charge >= 0.3 is 5.97 Å². The van der Waals surface area contributed by atoms with Gasteiger partial charge in [0.1, 0.15) is 5.54 Å². The highest BCUT2D eigenvalue weighted by atomic mass is 16.4. The van der Waals surface area contributed by atoms with Crippen LogP contribution in [0, 0.1) is 5.92 Å². The van der Waals surface area contributed by atoms with Gasteiger partial charge in [0.15, 0.2) is 0 Å². The third-order valence-electron chi connectivity index (χ3n) is 2.04. The molecule has 0 amide bonds. The fraction of sp³-hybridized carbons (Fsp3) is 0.833. The molecule has 0 aliphatic heterocycles. The monoisotopic (exact) mass is 129 g/mol. The van der Waals surface area contributed by atoms with Crippen LogP contribution in [0.1, 0.15) is 19.8 Å². The molecule has 1 aliphatic carbocycles. The van der Waals surface area contributed by atoms with E-state index in [0.717, 1.165) is 6.42 Å². The maximum atomic E-state index is 10.3. The molecule has 1 rings (SSSR count). The van der Waals surface area contributed by atoms with E-state index in [2.05, 4.69) is 0 Å². The molecule has 1 saturated carbocycles. The number of nitrogens with two attached hydrogens (primary N) is 1. The van der Waals surface area contributed by atoms with E-state index >= 15 is 0 Å². The molecule has 0 radical (unpaired) electrons. The third kappa shape index (κ3) is 0.812. The molecule has 3 N–H and O–H groups in total. The molecule has 2 atom stereocenters. The molecule has 3 heteroatoms. The SMILES string of the molecule is CC[C@@H]1C[C@@]1(N)C(=O)O. The fourth-order valence-corrected chi connectivity index (χ4v) is 1.12. The van der Waals surface area contributed by atoms with Crippen LogP contribution in [0.4, 0.5) is 0 Å². The Morgan fingerprint density at radius 1 is 2.00 bits per heavy atom. The summed E-state index contributed by atoms with van der Waals surface area (Å²) < 4.78 is 0. The number of carbonyl (C=O) groups is 1. The summed E-state index contributed by atoms with van der Waals surface area (Å²) in [5.74, 6) is -0.635. The number of aliphatic carboxylic acids is 1. The molecular weight excluding hydrogens is 118 g/mol. The molecule has 0 unspecified atom stereocenters. The Balaban J connectivity index is 2.52. The van der Waals surface area contributed by atoms with Crippen molar-refractivity contribution < 1.29 is 9.90 Å². The van der Waals surface area contributed by atoms with Crippen molar-refractivity contribution in [2.45, 2.75) is 25.3 Å². The summed E-state index contributed by atoms with van der Waals surface area (Å²) in [6, 6.07) is 0. The van der Waals surface area contributed by atoms with Crippen LogP contribution in [0.5, 0.6) is 0 Å². The fourth-order valence-electron chi connectivity index (χ4n) is 1.12. The maximum Gasteiger partial charge on any atom is 0.323 e. The first kappa shape index (κ1) is 6.55. The van der Waals surface area contributed by atoms with Gasteiger partial charge in [-0.1, -0.05) is 13.3 Å². The van der Waals surface area contributed by atoms with E-state index in [1.165, 1.54) is 0 Å². The summed E-state index contributed by atoms with van der Waals surface area (Å²) in [5.41, 5.74) is 4.58. The molecule has 9 heavy (non-hydrogen) atoms. The first-order chi connectivity index (χ1) is 4.11. The Labute approximate surface area is 53.9 Å². The van der Waals surface area contributed by atoms with E-state index in [4.69, 9.17) is 10.8 Å². The Bertz CT molecular complexity index is 146. The van der Waals surface area contributed by atoms with E-state index in [1.807, 2.05) is 6.92 Å². The zero-order valence-corrected chi connectivity index (χ0v) is 5.42. The molecule has 0 aromatic carbocycles. The van der Waals surface area contributed by atoms with Crippen molar-refractivity contribution in [2.75, 3.05) is 0 Å². The average Bonchev–Trinajstić information content (AvgIpc) is 2.44. The number of carboxylic acids is 1. The second-order valence-electron chi connectivity index (χ2n) is 2.65. The molecular formula is C6H11NO2. The van der Waals surface area contributed by atoms with Crippen molar-refractivity contribution in [1.29, 1.82) is 0 Å². The standard InChI is InChI=1S/C6H11NO2/c1-2-4-3-6(4,7)5(8)9/h4H,2-3,7H2,1H3,(H,8,9)/t4-,6+/m1/s1. The van der Waals surface area contributed by atoms with Gasteiger partial charge in [-0.25, -0.2) is 0 Å². The van der Waals surface area contributed by atoms with Crippen molar-refractivity contribution in [3.8, 4) is 0 Å². The Hall–Kier alpha value is -0.570. The van der Waals surface area contributed by atoms with Crippen LogP contribution < -0.4 is 5.73 Å². The number of hydrogen-bond donors (Lipinski definition) is 2. The van der Waals surface area contributed by atoms with Crippen LogP contribution in [0.15, 0.2) is 0 Å². The topological polar surface area (TPSA) is 63.3 Å². The normalized spacial score (nSPS) is 40.4. The van der Waals surface area contributed by atoms with Gasteiger partial charge in [0.05, 0.1) is 0 Å². The van der Waals surface area contributed by atoms with Crippen molar-refractivity contribution >= 4 is 5.97 Å². The van der Waals surface area contributed by atoms with Gasteiger partial charge in [0.2, 0.25) is 0 Å². The summed E-state index contributed by atoms with van der Waals surface area (Å²) in [7, 11) is 0. The van der Waals surface area contributed by atoms with Crippen molar-refractivity contribution in [1.82, 2.24) is 0 Å². The molecule has 0 heterocycles. The highest BCUT2D eigenvalue weighted by Gasteiger charge is 2.56. The molecule has 0 aromatic rings. The lowest BCUT2D eigenvalue weighted by Crippen LogP contribution is -2.34. The van der Waals surface area contributed by atoms with Crippen LogP contribution >= 0.6 is 0 Å². The lowest BCUT2D eigenvalue weighted by molar-refractivity contribution is -0.140. The predicted octanol–water partition coefficient (Wildman–Crippen LogP) is 0.198. The molecule has 0 spiro atoms. The van der Waals surface area contributed by atoms with Crippen molar-refractivity contribution in [3.05, 3.63) is 0 Å². The van der Waals surface area contributed by atoms with Gasteiger partial charge in [-0.05, 0) is 12.3 Å². The Morgan fingerprint density at radius 2 is 2.56 bits per heavy atom. The molecule has 0 saturated heterocycles. The van der Waals surface area contributed by atoms with Crippen LogP contribution in [0.2, 0.25) is 0 Å². The second kappa shape index (κ2) is 1.70. The molecule has 52 valence electrons. The minimum Gasteiger partial charge on any atom is -0.480 e. The summed E-state index contributed by atoms with van der Waals surface area (Å²) in [5, 5.41) is 8.49. The van der Waals surface area contributed by atoms with E-state index in [-0.39, 0.29) is 5.92 Å². The van der Waals surface area contributed by atoms with Gasteiger partial charge in [0.25, 0.3) is 0 Å². The number of hydrogen-bond acceptors (Lipinski definition) is 2. The van der Waals surface area contributed by atoms with E-state index in [9.17, 15) is 4.79 Å². The van der Waals surface area contributed by atoms with E-state index in [1.54, 1.807) is 0 Å². The van der Waals surface area contributed by atoms with E-state index < -0.39 is 11.5 Å². The average molecular weight is 129 g/mol. The van der Waals surface area contributed by atoms with Crippen molar-refractivity contribution in [3.63, 3.8) is 0 Å². The molecule has 1 fully saturated rings. The smallest absolute Gasteiger partial charge is 0.323 e. The number of carboxylic acid groups (broad SMARTS) is 1. The summed E-state index contributed by atoms with van der Waals surface area (Å²) in [6.45, 7) is 1.96. The van der Waals surface area contributed by atoms with Gasteiger partial charge < -0.3 is 10.8 Å². The molecule has 0 aromatic heterocycles. The lowest BCUT2D eigenvalue weighted by Gasteiger charge is -2.01. The zero-order chi connectivity index (χ0) is 7.07. The lowest BCUT2D eigenvalue weighted by atomic mass is 10.2. The minimum absolute atomic E-state index is 0.218. The second-order valence-corrected chi connectivity index (χ2v) is 2.65. The number of rotatable bonds is 2. The first-order valence-electron chi connectivity index (χ1n) is 3.13. The summed E-state index contributed by atoms with van der Waals surface area (Å²) in [6.07, 6.45) is 1.53. The maximum absolute atomic E-state index is 10.3. The van der Waals surface area contributed by atoms with Crippen LogP contribution in [-0.4, -0.2) is 16.6 Å². The van der Waals surface area contributed by atoms with Crippen LogP contribution in [0.3, 0.4) is 0 Å². The Morgan fingerprint density at radius 3 is 2.67 bits per heavy atom.